The van der Waals surface area contributed by atoms with E-state index >= 15 is 0 Å². The van der Waals surface area contributed by atoms with Gasteiger partial charge in [0.05, 0.1) is 5.69 Å². The highest BCUT2D eigenvalue weighted by molar-refractivity contribution is 6.31. The minimum absolute atomic E-state index is 0.920. The molecule has 0 spiro atoms. The molecule has 0 aliphatic rings. The second-order valence-electron chi connectivity index (χ2n) is 4.22. The molecule has 1 aromatic heterocycles. The van der Waals surface area contributed by atoms with Crippen molar-refractivity contribution >= 4 is 35.9 Å². The molecule has 0 saturated carbocycles. The van der Waals surface area contributed by atoms with Crippen LogP contribution in [0.2, 0.25) is 0 Å². The van der Waals surface area contributed by atoms with Crippen molar-refractivity contribution in [3.8, 4) is 0 Å². The van der Waals surface area contributed by atoms with E-state index in [9.17, 15) is 19.2 Å². The summed E-state index contributed by atoms with van der Waals surface area (Å²) in [5.41, 5.74) is 10.5. The van der Waals surface area contributed by atoms with Crippen molar-refractivity contribution in [1.29, 1.82) is 0 Å². The molecule has 10 heteroatoms. The van der Waals surface area contributed by atoms with Crippen molar-refractivity contribution in [2.45, 2.75) is 0 Å². The number of aromatic nitrogens is 2. The number of hydrogen-bond donors (Lipinski definition) is 4. The first kappa shape index (κ1) is 21.9. The van der Waals surface area contributed by atoms with Crippen LogP contribution in [0.5, 0.6) is 0 Å². The Bertz CT molecular complexity index is 673. The van der Waals surface area contributed by atoms with E-state index in [1.54, 1.807) is 12.5 Å². The Labute approximate surface area is 147 Å². The predicted molar refractivity (Wildman–Crippen MR) is 91.1 cm³/mol. The van der Waals surface area contributed by atoms with Crippen LogP contribution in [0.15, 0.2) is 48.9 Å². The molecular weight excluding hydrogens is 344 g/mol. The van der Waals surface area contributed by atoms with E-state index in [4.69, 9.17) is 10.2 Å². The van der Waals surface area contributed by atoms with Gasteiger partial charge in [0.1, 0.15) is 6.33 Å². The number of nitrogens with zero attached hydrogens (tertiary/aromatic N) is 2. The van der Waals surface area contributed by atoms with E-state index in [0.717, 1.165) is 5.69 Å². The molecule has 1 aromatic carbocycles. The van der Waals surface area contributed by atoms with Gasteiger partial charge in [0.15, 0.2) is 0 Å². The number of carbonyl (C=O) groups excluding carboxylic acids is 2. The fourth-order valence-corrected chi connectivity index (χ4v) is 1.15. The summed E-state index contributed by atoms with van der Waals surface area (Å²) in [6, 6.07) is 12.0. The molecule has 0 unspecified atom stereocenters. The van der Waals surface area contributed by atoms with Crippen LogP contribution >= 0.6 is 0 Å². The van der Waals surface area contributed by atoms with Gasteiger partial charge in [-0.15, -0.1) is 0 Å². The average molecular weight is 360 g/mol. The van der Waals surface area contributed by atoms with Crippen molar-refractivity contribution < 1.29 is 29.4 Å². The molecule has 0 saturated heterocycles. The molecule has 2 aromatic rings. The van der Waals surface area contributed by atoms with Crippen LogP contribution in [0.1, 0.15) is 11.3 Å². The number of primary amides is 2. The van der Waals surface area contributed by atoms with Crippen molar-refractivity contribution in [1.82, 2.24) is 9.97 Å². The van der Waals surface area contributed by atoms with Crippen LogP contribution in [0, 0.1) is 0 Å². The highest BCUT2D eigenvalue weighted by atomic mass is 16.4. The van der Waals surface area contributed by atoms with Gasteiger partial charge >= 0.3 is 23.8 Å². The van der Waals surface area contributed by atoms with E-state index in [2.05, 4.69) is 33.6 Å². The molecular formula is C16H16N4O6. The molecule has 0 radical (unpaired) electrons. The van der Waals surface area contributed by atoms with Crippen LogP contribution in [0.25, 0.3) is 12.2 Å². The predicted octanol–water partition coefficient (Wildman–Crippen LogP) is -0.240. The lowest BCUT2D eigenvalue weighted by Crippen LogP contribution is -2.21. The molecule has 6 N–H and O–H groups in total. The smallest absolute Gasteiger partial charge is 0.394 e. The van der Waals surface area contributed by atoms with E-state index < -0.39 is 23.8 Å². The zero-order valence-electron chi connectivity index (χ0n) is 13.4. The molecule has 0 aliphatic heterocycles. The number of carboxylic acids is 2. The quantitative estimate of drug-likeness (QED) is 0.528. The van der Waals surface area contributed by atoms with Gasteiger partial charge in [-0.05, 0) is 17.7 Å². The second kappa shape index (κ2) is 12.4. The summed E-state index contributed by atoms with van der Waals surface area (Å²) in [4.78, 5) is 45.0. The number of nitrogens with two attached hydrogens (primary N) is 2. The minimum atomic E-state index is -1.60. The number of benzene rings is 1. The molecule has 0 aliphatic carbocycles. The molecule has 2 amide bonds. The Kier molecular flexibility index (Phi) is 10.4. The van der Waals surface area contributed by atoms with Gasteiger partial charge in [0.2, 0.25) is 0 Å². The highest BCUT2D eigenvalue weighted by Gasteiger charge is 2.00. The number of carboxylic acid groups (broad SMARTS) is 2. The Morgan fingerprint density at radius 3 is 1.73 bits per heavy atom. The summed E-state index contributed by atoms with van der Waals surface area (Å²) in [7, 11) is 0. The van der Waals surface area contributed by atoms with Crippen molar-refractivity contribution in [3.63, 3.8) is 0 Å². The molecule has 2 rings (SSSR count). The fourth-order valence-electron chi connectivity index (χ4n) is 1.15. The third-order valence-corrected chi connectivity index (χ3v) is 2.27. The Morgan fingerprint density at radius 2 is 1.35 bits per heavy atom. The van der Waals surface area contributed by atoms with E-state index in [1.165, 1.54) is 5.56 Å². The molecule has 136 valence electrons. The Balaban J connectivity index is 0.000000437. The highest BCUT2D eigenvalue weighted by Crippen LogP contribution is 2.04. The Morgan fingerprint density at radius 1 is 0.846 bits per heavy atom. The van der Waals surface area contributed by atoms with Crippen LogP contribution < -0.4 is 11.5 Å². The van der Waals surface area contributed by atoms with Crippen LogP contribution in [-0.4, -0.2) is 43.9 Å². The van der Waals surface area contributed by atoms with E-state index in [-0.39, 0.29) is 0 Å². The van der Waals surface area contributed by atoms with E-state index in [0.29, 0.717) is 0 Å². The number of aliphatic carboxylic acids is 2. The third-order valence-electron chi connectivity index (χ3n) is 2.27. The molecule has 1 heterocycles. The van der Waals surface area contributed by atoms with Gasteiger partial charge in [-0.25, -0.2) is 19.6 Å². The summed E-state index contributed by atoms with van der Waals surface area (Å²) >= 11 is 0. The number of amides is 2. The minimum Gasteiger partial charge on any atom is -0.474 e. The molecule has 0 bridgehead atoms. The first-order valence-corrected chi connectivity index (χ1v) is 6.78. The molecule has 26 heavy (non-hydrogen) atoms. The van der Waals surface area contributed by atoms with Gasteiger partial charge in [-0.3, -0.25) is 9.59 Å². The molecule has 10 nitrogen and oxygen atoms in total. The van der Waals surface area contributed by atoms with Crippen molar-refractivity contribution in [3.05, 3.63) is 60.2 Å². The van der Waals surface area contributed by atoms with Crippen LogP contribution in [0.3, 0.4) is 0 Å². The summed E-state index contributed by atoms with van der Waals surface area (Å²) in [6.45, 7) is 0. The number of rotatable bonds is 2. The lowest BCUT2D eigenvalue weighted by molar-refractivity contribution is -0.148. The summed E-state index contributed by atoms with van der Waals surface area (Å²) < 4.78 is 0. The van der Waals surface area contributed by atoms with Crippen LogP contribution in [0.4, 0.5) is 0 Å². The van der Waals surface area contributed by atoms with Gasteiger partial charge in [-0.1, -0.05) is 36.4 Å². The zero-order chi connectivity index (χ0) is 19.9. The van der Waals surface area contributed by atoms with E-state index in [1.807, 2.05) is 36.4 Å². The normalized spacial score (nSPS) is 9.08. The average Bonchev–Trinajstić information content (AvgIpc) is 2.62. The van der Waals surface area contributed by atoms with Gasteiger partial charge in [0.25, 0.3) is 0 Å². The van der Waals surface area contributed by atoms with Crippen LogP contribution in [-0.2, 0) is 19.2 Å². The maximum atomic E-state index is 9.32. The maximum absolute atomic E-state index is 9.32. The van der Waals surface area contributed by atoms with Crippen molar-refractivity contribution in [2.24, 2.45) is 11.5 Å². The van der Waals surface area contributed by atoms with Gasteiger partial charge < -0.3 is 21.7 Å². The third kappa shape index (κ3) is 11.5. The lowest BCUT2D eigenvalue weighted by atomic mass is 10.2. The van der Waals surface area contributed by atoms with Crippen molar-refractivity contribution in [2.75, 3.05) is 0 Å². The number of carbonyl (C=O) groups is 4. The largest absolute Gasteiger partial charge is 0.474 e. The first-order chi connectivity index (χ1) is 12.2. The first-order valence-electron chi connectivity index (χ1n) is 6.78. The summed E-state index contributed by atoms with van der Waals surface area (Å²) in [5, 5.41) is 15.0. The second-order valence-corrected chi connectivity index (χ2v) is 4.22. The number of hydrogen-bond acceptors (Lipinski definition) is 6. The van der Waals surface area contributed by atoms with Gasteiger partial charge in [-0.2, -0.15) is 0 Å². The monoisotopic (exact) mass is 360 g/mol. The van der Waals surface area contributed by atoms with Gasteiger partial charge in [0, 0.05) is 6.20 Å². The molecule has 0 atom stereocenters. The summed E-state index contributed by atoms with van der Waals surface area (Å²) in [6.07, 6.45) is 7.28. The fraction of sp³-hybridized carbons (Fsp3) is 0. The topological polar surface area (TPSA) is 187 Å². The lowest BCUT2D eigenvalue weighted by Gasteiger charge is -1.91. The SMILES string of the molecule is C(=Cc1ccncn1)c1ccccc1.NC(=O)C(=O)O.NC(=O)C(=O)O. The maximum Gasteiger partial charge on any atom is 0.394 e. The standard InChI is InChI=1S/C12H10N2.2C2H3NO3/c1-2-4-11(5-3-1)6-7-12-8-9-13-10-14-12;2*3-1(4)2(5)6/h1-10H;2*(H2,3,4)(H,5,6). The molecule has 0 fully saturated rings. The zero-order valence-corrected chi connectivity index (χ0v) is 13.4. The summed E-state index contributed by atoms with van der Waals surface area (Å²) in [5.74, 6) is -5.85. The Hall–Kier alpha value is -4.08.